The number of hydrogen-bond donors (Lipinski definition) is 0. The molecule has 4 unspecified atom stereocenters. The second-order valence-electron chi connectivity index (χ2n) is 8.31. The van der Waals surface area contributed by atoms with Gasteiger partial charge in [0.1, 0.15) is 0 Å². The molecule has 0 amide bonds. The highest BCUT2D eigenvalue weighted by Gasteiger charge is 2.58. The van der Waals surface area contributed by atoms with Crippen molar-refractivity contribution in [3.63, 3.8) is 0 Å². The minimum atomic E-state index is 0.301. The van der Waals surface area contributed by atoms with Crippen LogP contribution < -0.4 is 0 Å². The molecule has 0 heterocycles. The first kappa shape index (κ1) is 12.6. The molecule has 0 radical (unpaired) electrons. The van der Waals surface area contributed by atoms with Gasteiger partial charge in [-0.05, 0) is 77.7 Å². The van der Waals surface area contributed by atoms with Crippen molar-refractivity contribution in [1.82, 2.24) is 0 Å². The fourth-order valence-corrected chi connectivity index (χ4v) is 6.74. The van der Waals surface area contributed by atoms with Crippen molar-refractivity contribution in [2.24, 2.45) is 23.7 Å². The standard InChI is InChI=1S/C23H22/c1-14-5-4-7-18-17-6-2-3-8-21(17)23(22(14)18)12-19-15-9-10-16(11-15)20(19)13-23/h2-10,15-16,19-20H,11-13H2,1H3. The van der Waals surface area contributed by atoms with Gasteiger partial charge < -0.3 is 0 Å². The Labute approximate surface area is 138 Å². The smallest absolute Gasteiger partial charge is 0.0223 e. The summed E-state index contributed by atoms with van der Waals surface area (Å²) in [5.41, 5.74) is 8.11. The molecule has 4 aliphatic rings. The summed E-state index contributed by atoms with van der Waals surface area (Å²) in [7, 11) is 0. The summed E-state index contributed by atoms with van der Waals surface area (Å²) < 4.78 is 0. The summed E-state index contributed by atoms with van der Waals surface area (Å²) in [5.74, 6) is 3.57. The second kappa shape index (κ2) is 3.98. The average molecular weight is 298 g/mol. The van der Waals surface area contributed by atoms with Crippen molar-refractivity contribution >= 4 is 0 Å². The van der Waals surface area contributed by atoms with Gasteiger partial charge in [0, 0.05) is 5.41 Å². The second-order valence-corrected chi connectivity index (χ2v) is 8.31. The van der Waals surface area contributed by atoms with Gasteiger partial charge in [0.05, 0.1) is 0 Å². The van der Waals surface area contributed by atoms with E-state index < -0.39 is 0 Å². The van der Waals surface area contributed by atoms with Crippen LogP contribution in [0.25, 0.3) is 11.1 Å². The summed E-state index contributed by atoms with van der Waals surface area (Å²) >= 11 is 0. The zero-order chi connectivity index (χ0) is 15.2. The van der Waals surface area contributed by atoms with Crippen LogP contribution in [-0.2, 0) is 5.41 Å². The molecule has 0 aliphatic heterocycles. The zero-order valence-corrected chi connectivity index (χ0v) is 13.6. The largest absolute Gasteiger partial charge is 0.0848 e. The van der Waals surface area contributed by atoms with E-state index in [0.717, 1.165) is 23.7 Å². The van der Waals surface area contributed by atoms with Crippen LogP contribution in [-0.4, -0.2) is 0 Å². The summed E-state index contributed by atoms with van der Waals surface area (Å²) in [6, 6.07) is 16.2. The van der Waals surface area contributed by atoms with Crippen LogP contribution in [0.15, 0.2) is 54.6 Å². The first-order valence-corrected chi connectivity index (χ1v) is 9.16. The Kier molecular flexibility index (Phi) is 2.18. The number of hydrogen-bond acceptors (Lipinski definition) is 0. The molecule has 0 heteroatoms. The fraction of sp³-hybridized carbons (Fsp3) is 0.391. The molecule has 2 aromatic carbocycles. The molecular formula is C23H22. The van der Waals surface area contributed by atoms with Gasteiger partial charge in [-0.1, -0.05) is 54.6 Å². The quantitative estimate of drug-likeness (QED) is 0.564. The lowest BCUT2D eigenvalue weighted by molar-refractivity contribution is 0.364. The van der Waals surface area contributed by atoms with Crippen LogP contribution in [0.4, 0.5) is 0 Å². The number of rotatable bonds is 0. The maximum atomic E-state index is 2.53. The van der Waals surface area contributed by atoms with E-state index in [0.29, 0.717) is 5.41 Å². The summed E-state index contributed by atoms with van der Waals surface area (Å²) in [6.45, 7) is 2.33. The molecule has 1 spiro atoms. The van der Waals surface area contributed by atoms with Crippen LogP contribution >= 0.6 is 0 Å². The molecule has 2 aromatic rings. The van der Waals surface area contributed by atoms with Crippen LogP contribution in [0, 0.1) is 30.6 Å². The Balaban J connectivity index is 1.61. The molecule has 2 bridgehead atoms. The number of benzene rings is 2. The molecular weight excluding hydrogens is 276 g/mol. The highest BCUT2D eigenvalue weighted by molar-refractivity contribution is 5.82. The van der Waals surface area contributed by atoms with Gasteiger partial charge in [0.25, 0.3) is 0 Å². The van der Waals surface area contributed by atoms with Crippen molar-refractivity contribution in [3.8, 4) is 11.1 Å². The molecule has 4 aliphatic carbocycles. The van der Waals surface area contributed by atoms with Crippen LogP contribution in [0.1, 0.15) is 36.0 Å². The normalized spacial score (nSPS) is 38.1. The lowest BCUT2D eigenvalue weighted by Crippen LogP contribution is -2.24. The van der Waals surface area contributed by atoms with E-state index in [-0.39, 0.29) is 0 Å². The Hall–Kier alpha value is -1.82. The molecule has 0 saturated heterocycles. The third-order valence-corrected chi connectivity index (χ3v) is 7.45. The molecule has 6 rings (SSSR count). The van der Waals surface area contributed by atoms with E-state index in [2.05, 4.69) is 61.5 Å². The van der Waals surface area contributed by atoms with E-state index in [9.17, 15) is 0 Å². The average Bonchev–Trinajstić information content (AvgIpc) is 3.30. The number of allylic oxidation sites excluding steroid dienone is 2. The van der Waals surface area contributed by atoms with E-state index in [1.54, 1.807) is 11.1 Å². The minimum absolute atomic E-state index is 0.301. The van der Waals surface area contributed by atoms with Gasteiger partial charge in [0.15, 0.2) is 0 Å². The predicted molar refractivity (Wildman–Crippen MR) is 94.3 cm³/mol. The molecule has 0 N–H and O–H groups in total. The van der Waals surface area contributed by atoms with Gasteiger partial charge in [-0.2, -0.15) is 0 Å². The third kappa shape index (κ3) is 1.35. The Morgan fingerprint density at radius 1 is 0.826 bits per heavy atom. The molecule has 2 saturated carbocycles. The molecule has 2 fully saturated rings. The first-order valence-electron chi connectivity index (χ1n) is 9.16. The van der Waals surface area contributed by atoms with E-state index in [4.69, 9.17) is 0 Å². The maximum absolute atomic E-state index is 2.53. The van der Waals surface area contributed by atoms with Gasteiger partial charge >= 0.3 is 0 Å². The molecule has 4 atom stereocenters. The van der Waals surface area contributed by atoms with Gasteiger partial charge in [-0.25, -0.2) is 0 Å². The minimum Gasteiger partial charge on any atom is -0.0848 e. The monoisotopic (exact) mass is 298 g/mol. The third-order valence-electron chi connectivity index (χ3n) is 7.45. The SMILES string of the molecule is Cc1cccc2c1C1(CC3C4C=CC(C4)C3C1)c1ccccc1-2. The van der Waals surface area contributed by atoms with Crippen molar-refractivity contribution in [2.75, 3.05) is 0 Å². The molecule has 0 nitrogen and oxygen atoms in total. The predicted octanol–water partition coefficient (Wildman–Crippen LogP) is 5.49. The van der Waals surface area contributed by atoms with Crippen LogP contribution in [0.3, 0.4) is 0 Å². The molecule has 114 valence electrons. The van der Waals surface area contributed by atoms with Crippen LogP contribution in [0.5, 0.6) is 0 Å². The number of aryl methyl sites for hydroxylation is 1. The van der Waals surface area contributed by atoms with E-state index in [1.165, 1.54) is 36.0 Å². The topological polar surface area (TPSA) is 0 Å². The van der Waals surface area contributed by atoms with Gasteiger partial charge in [0.2, 0.25) is 0 Å². The Morgan fingerprint density at radius 3 is 2.30 bits per heavy atom. The summed E-state index contributed by atoms with van der Waals surface area (Å²) in [6.07, 6.45) is 9.25. The van der Waals surface area contributed by atoms with Crippen molar-refractivity contribution in [1.29, 1.82) is 0 Å². The lowest BCUT2D eigenvalue weighted by atomic mass is 9.73. The lowest BCUT2D eigenvalue weighted by Gasteiger charge is -2.30. The zero-order valence-electron chi connectivity index (χ0n) is 13.6. The van der Waals surface area contributed by atoms with Crippen molar-refractivity contribution in [2.45, 2.75) is 31.6 Å². The molecule has 0 aromatic heterocycles. The van der Waals surface area contributed by atoms with Crippen molar-refractivity contribution in [3.05, 3.63) is 71.3 Å². The summed E-state index contributed by atoms with van der Waals surface area (Å²) in [4.78, 5) is 0. The first-order chi connectivity index (χ1) is 11.3. The Morgan fingerprint density at radius 2 is 1.52 bits per heavy atom. The van der Waals surface area contributed by atoms with E-state index >= 15 is 0 Å². The van der Waals surface area contributed by atoms with E-state index in [1.807, 2.05) is 0 Å². The molecule has 23 heavy (non-hydrogen) atoms. The van der Waals surface area contributed by atoms with Gasteiger partial charge in [-0.3, -0.25) is 0 Å². The van der Waals surface area contributed by atoms with Crippen LogP contribution in [0.2, 0.25) is 0 Å². The summed E-state index contributed by atoms with van der Waals surface area (Å²) in [5, 5.41) is 0. The number of fused-ring (bicyclic) bond motifs is 10. The van der Waals surface area contributed by atoms with Gasteiger partial charge in [-0.15, -0.1) is 0 Å². The van der Waals surface area contributed by atoms with Crippen molar-refractivity contribution < 1.29 is 0 Å². The highest BCUT2D eigenvalue weighted by Crippen LogP contribution is 2.67. The fourth-order valence-electron chi connectivity index (χ4n) is 6.74. The maximum Gasteiger partial charge on any atom is 0.0223 e. The Bertz CT molecular complexity index is 836. The highest BCUT2D eigenvalue weighted by atomic mass is 14.6.